The number of furan rings is 1. The molecular weight excluding hydrogens is 250 g/mol. The summed E-state index contributed by atoms with van der Waals surface area (Å²) in [6.07, 6.45) is 0.871. The second kappa shape index (κ2) is 6.42. The van der Waals surface area contributed by atoms with Crippen LogP contribution in [0.15, 0.2) is 40.8 Å². The third-order valence-electron chi connectivity index (χ3n) is 3.45. The van der Waals surface area contributed by atoms with E-state index in [1.54, 1.807) is 0 Å². The third-order valence-corrected chi connectivity index (χ3v) is 3.45. The zero-order chi connectivity index (χ0) is 14.5. The minimum Gasteiger partial charge on any atom is -0.466 e. The topological polar surface area (TPSA) is 33.5 Å². The molecule has 106 valence electrons. The minimum atomic E-state index is 0.0535. The van der Waals surface area contributed by atoms with Crippen LogP contribution in [-0.4, -0.2) is 23.9 Å². The molecule has 3 nitrogen and oxygen atoms in total. The van der Waals surface area contributed by atoms with E-state index in [0.717, 1.165) is 18.7 Å². The Kier molecular flexibility index (Phi) is 4.61. The summed E-state index contributed by atoms with van der Waals surface area (Å²) >= 11 is 0. The third kappa shape index (κ3) is 3.29. The largest absolute Gasteiger partial charge is 0.466 e. The van der Waals surface area contributed by atoms with E-state index in [9.17, 15) is 4.79 Å². The SMILES string of the molecule is CCN(CCc1ccccc1)C(=O)c1cc(C)oc1C. The molecule has 0 fully saturated rings. The Morgan fingerprint density at radius 3 is 2.45 bits per heavy atom. The normalized spacial score (nSPS) is 10.6. The Morgan fingerprint density at radius 2 is 1.90 bits per heavy atom. The molecule has 0 atom stereocenters. The number of carbonyl (C=O) groups is 1. The molecule has 0 saturated carbocycles. The van der Waals surface area contributed by atoms with Gasteiger partial charge in [0.25, 0.3) is 5.91 Å². The van der Waals surface area contributed by atoms with Crippen molar-refractivity contribution < 1.29 is 9.21 Å². The van der Waals surface area contributed by atoms with Gasteiger partial charge in [-0.1, -0.05) is 30.3 Å². The highest BCUT2D eigenvalue weighted by Crippen LogP contribution is 2.16. The maximum absolute atomic E-state index is 12.5. The predicted octanol–water partition coefficient (Wildman–Crippen LogP) is 3.60. The predicted molar refractivity (Wildman–Crippen MR) is 79.9 cm³/mol. The summed E-state index contributed by atoms with van der Waals surface area (Å²) in [5.41, 5.74) is 1.93. The molecule has 0 spiro atoms. The molecule has 0 radical (unpaired) electrons. The second-order valence-electron chi connectivity index (χ2n) is 4.95. The van der Waals surface area contributed by atoms with E-state index >= 15 is 0 Å². The van der Waals surface area contributed by atoms with E-state index in [1.165, 1.54) is 5.56 Å². The van der Waals surface area contributed by atoms with Crippen molar-refractivity contribution >= 4 is 5.91 Å². The first-order valence-corrected chi connectivity index (χ1v) is 7.02. The Morgan fingerprint density at radius 1 is 1.20 bits per heavy atom. The number of amides is 1. The van der Waals surface area contributed by atoms with Crippen molar-refractivity contribution in [3.8, 4) is 0 Å². The van der Waals surface area contributed by atoms with Gasteiger partial charge in [-0.3, -0.25) is 4.79 Å². The first-order chi connectivity index (χ1) is 9.61. The Hall–Kier alpha value is -2.03. The van der Waals surface area contributed by atoms with Gasteiger partial charge < -0.3 is 9.32 Å². The highest BCUT2D eigenvalue weighted by atomic mass is 16.3. The molecule has 1 aromatic carbocycles. The van der Waals surface area contributed by atoms with E-state index < -0.39 is 0 Å². The average molecular weight is 271 g/mol. The molecule has 0 unspecified atom stereocenters. The fourth-order valence-corrected chi connectivity index (χ4v) is 2.33. The summed E-state index contributed by atoms with van der Waals surface area (Å²) in [5, 5.41) is 0. The van der Waals surface area contributed by atoms with Gasteiger partial charge in [-0.05, 0) is 38.8 Å². The summed E-state index contributed by atoms with van der Waals surface area (Å²) in [6, 6.07) is 12.1. The highest BCUT2D eigenvalue weighted by Gasteiger charge is 2.19. The standard InChI is InChI=1S/C17H21NO2/c1-4-18(11-10-15-8-6-5-7-9-15)17(19)16-12-13(2)20-14(16)3/h5-9,12H,4,10-11H2,1-3H3. The number of benzene rings is 1. The average Bonchev–Trinajstić information content (AvgIpc) is 2.79. The summed E-state index contributed by atoms with van der Waals surface area (Å²) in [5.74, 6) is 1.54. The number of aryl methyl sites for hydroxylation is 2. The molecule has 0 bridgehead atoms. The van der Waals surface area contributed by atoms with Crippen LogP contribution in [0.25, 0.3) is 0 Å². The van der Waals surface area contributed by atoms with Gasteiger partial charge in [-0.2, -0.15) is 0 Å². The molecule has 0 aliphatic carbocycles. The van der Waals surface area contributed by atoms with E-state index in [-0.39, 0.29) is 5.91 Å². The van der Waals surface area contributed by atoms with Gasteiger partial charge in [0, 0.05) is 13.1 Å². The van der Waals surface area contributed by atoms with Gasteiger partial charge in [0.2, 0.25) is 0 Å². The number of rotatable bonds is 5. The Labute approximate surface area is 120 Å². The maximum atomic E-state index is 12.5. The first-order valence-electron chi connectivity index (χ1n) is 7.02. The number of hydrogen-bond acceptors (Lipinski definition) is 2. The summed E-state index contributed by atoms with van der Waals surface area (Å²) in [7, 11) is 0. The molecule has 0 aliphatic heterocycles. The van der Waals surface area contributed by atoms with Crippen molar-refractivity contribution in [2.24, 2.45) is 0 Å². The van der Waals surface area contributed by atoms with Crippen LogP contribution in [-0.2, 0) is 6.42 Å². The van der Waals surface area contributed by atoms with Crippen LogP contribution in [0.1, 0.15) is 34.4 Å². The van der Waals surface area contributed by atoms with Gasteiger partial charge in [-0.25, -0.2) is 0 Å². The van der Waals surface area contributed by atoms with Crippen LogP contribution in [0.3, 0.4) is 0 Å². The van der Waals surface area contributed by atoms with Crippen molar-refractivity contribution in [1.82, 2.24) is 4.90 Å². The molecule has 20 heavy (non-hydrogen) atoms. The molecule has 3 heteroatoms. The molecule has 0 saturated heterocycles. The summed E-state index contributed by atoms with van der Waals surface area (Å²) in [4.78, 5) is 14.4. The summed E-state index contributed by atoms with van der Waals surface area (Å²) in [6.45, 7) is 7.14. The van der Waals surface area contributed by atoms with Gasteiger partial charge in [0.05, 0.1) is 5.56 Å². The molecule has 2 rings (SSSR count). The Bertz CT molecular complexity index is 572. The van der Waals surface area contributed by atoms with Crippen molar-refractivity contribution in [3.63, 3.8) is 0 Å². The Balaban J connectivity index is 2.05. The fraction of sp³-hybridized carbons (Fsp3) is 0.353. The van der Waals surface area contributed by atoms with E-state index in [4.69, 9.17) is 4.42 Å². The highest BCUT2D eigenvalue weighted by molar-refractivity contribution is 5.95. The lowest BCUT2D eigenvalue weighted by molar-refractivity contribution is 0.0764. The second-order valence-corrected chi connectivity index (χ2v) is 4.95. The van der Waals surface area contributed by atoms with E-state index in [1.807, 2.05) is 49.9 Å². The first kappa shape index (κ1) is 14.4. The van der Waals surface area contributed by atoms with Gasteiger partial charge in [0.1, 0.15) is 11.5 Å². The van der Waals surface area contributed by atoms with Crippen LogP contribution >= 0.6 is 0 Å². The number of hydrogen-bond donors (Lipinski definition) is 0. The van der Waals surface area contributed by atoms with Gasteiger partial charge in [-0.15, -0.1) is 0 Å². The molecule has 1 heterocycles. The number of nitrogens with zero attached hydrogens (tertiary/aromatic N) is 1. The quantitative estimate of drug-likeness (QED) is 0.832. The van der Waals surface area contributed by atoms with E-state index in [2.05, 4.69) is 12.1 Å². The molecule has 0 aliphatic rings. The lowest BCUT2D eigenvalue weighted by Gasteiger charge is -2.20. The maximum Gasteiger partial charge on any atom is 0.257 e. The van der Waals surface area contributed by atoms with Gasteiger partial charge >= 0.3 is 0 Å². The van der Waals surface area contributed by atoms with Crippen molar-refractivity contribution in [2.75, 3.05) is 13.1 Å². The summed E-state index contributed by atoms with van der Waals surface area (Å²) < 4.78 is 5.45. The van der Waals surface area contributed by atoms with Crippen LogP contribution in [0, 0.1) is 13.8 Å². The molecule has 0 N–H and O–H groups in total. The molecule has 2 aromatic rings. The van der Waals surface area contributed by atoms with Crippen LogP contribution in [0.4, 0.5) is 0 Å². The lowest BCUT2D eigenvalue weighted by Crippen LogP contribution is -2.32. The van der Waals surface area contributed by atoms with E-state index in [0.29, 0.717) is 17.9 Å². The molecular formula is C17H21NO2. The zero-order valence-corrected chi connectivity index (χ0v) is 12.3. The van der Waals surface area contributed by atoms with Crippen LogP contribution in [0.2, 0.25) is 0 Å². The lowest BCUT2D eigenvalue weighted by atomic mass is 10.1. The van der Waals surface area contributed by atoms with Crippen molar-refractivity contribution in [1.29, 1.82) is 0 Å². The number of likely N-dealkylation sites (N-methyl/N-ethyl adjacent to an activating group) is 1. The minimum absolute atomic E-state index is 0.0535. The fourth-order valence-electron chi connectivity index (χ4n) is 2.33. The monoisotopic (exact) mass is 271 g/mol. The van der Waals surface area contributed by atoms with Crippen molar-refractivity contribution in [2.45, 2.75) is 27.2 Å². The zero-order valence-electron chi connectivity index (χ0n) is 12.3. The molecule has 1 amide bonds. The van der Waals surface area contributed by atoms with Gasteiger partial charge in [0.15, 0.2) is 0 Å². The van der Waals surface area contributed by atoms with Crippen LogP contribution < -0.4 is 0 Å². The van der Waals surface area contributed by atoms with Crippen molar-refractivity contribution in [3.05, 3.63) is 59.0 Å². The smallest absolute Gasteiger partial charge is 0.257 e. The van der Waals surface area contributed by atoms with Crippen LogP contribution in [0.5, 0.6) is 0 Å². The number of carbonyl (C=O) groups excluding carboxylic acids is 1. The molecule has 1 aromatic heterocycles.